The minimum absolute atomic E-state index is 0.399. The lowest BCUT2D eigenvalue weighted by molar-refractivity contribution is -0.101. The van der Waals surface area contributed by atoms with Crippen LogP contribution in [0, 0.1) is 11.3 Å². The Hall–Kier alpha value is -2.59. The third-order valence-electron chi connectivity index (χ3n) is 4.33. The van der Waals surface area contributed by atoms with Crippen LogP contribution in [-0.2, 0) is 10.5 Å². The predicted octanol–water partition coefficient (Wildman–Crippen LogP) is 4.04. The molecule has 1 aromatic heterocycles. The van der Waals surface area contributed by atoms with Crippen molar-refractivity contribution < 1.29 is 9.84 Å². The second kappa shape index (κ2) is 6.96. The number of nitriles is 1. The van der Waals surface area contributed by atoms with Gasteiger partial charge >= 0.3 is 0 Å². The highest BCUT2D eigenvalue weighted by molar-refractivity contribution is 7.98. The Kier molecular flexibility index (Phi) is 4.51. The van der Waals surface area contributed by atoms with E-state index in [2.05, 4.69) is 11.2 Å². The largest absolute Gasteiger partial charge is 0.363 e. The summed E-state index contributed by atoms with van der Waals surface area (Å²) in [6, 6.07) is 17.8. The lowest BCUT2D eigenvalue weighted by Gasteiger charge is -2.20. The van der Waals surface area contributed by atoms with E-state index in [0.29, 0.717) is 23.6 Å². The fraction of sp³-hybridized carbons (Fsp3) is 0.200. The van der Waals surface area contributed by atoms with Gasteiger partial charge in [-0.3, -0.25) is 0 Å². The maximum Gasteiger partial charge on any atom is 0.200 e. The van der Waals surface area contributed by atoms with Gasteiger partial charge in [0.15, 0.2) is 0 Å². The van der Waals surface area contributed by atoms with Gasteiger partial charge in [0.1, 0.15) is 11.8 Å². The summed E-state index contributed by atoms with van der Waals surface area (Å²) in [5.74, 6) is 0.632. The molecule has 6 heteroatoms. The molecule has 0 amide bonds. The van der Waals surface area contributed by atoms with Crippen molar-refractivity contribution in [1.82, 2.24) is 9.78 Å². The second-order valence-electron chi connectivity index (χ2n) is 5.85. The Bertz CT molecular complexity index is 992. The summed E-state index contributed by atoms with van der Waals surface area (Å²) < 4.78 is 7.23. The van der Waals surface area contributed by atoms with Crippen molar-refractivity contribution >= 4 is 11.8 Å². The van der Waals surface area contributed by atoms with Gasteiger partial charge in [-0.25, -0.2) is 4.68 Å². The minimum Gasteiger partial charge on any atom is -0.363 e. The standard InChI is InChI=1S/C20H17N3O2S/c1-2-25-20(24)17-16-12-26-19-13(11-21)7-6-10-15(19)18(16)23(22-17)14-8-4-3-5-9-14/h3-10,20,24H,2,12H2,1H3/t20-/m1/s1. The highest BCUT2D eigenvalue weighted by Crippen LogP contribution is 2.46. The number of benzene rings is 2. The van der Waals surface area contributed by atoms with E-state index in [0.717, 1.165) is 27.4 Å². The number of para-hydroxylation sites is 1. The first kappa shape index (κ1) is 16.9. The summed E-state index contributed by atoms with van der Waals surface area (Å²) in [7, 11) is 0. The molecule has 0 bridgehead atoms. The van der Waals surface area contributed by atoms with Gasteiger partial charge in [-0.05, 0) is 25.1 Å². The number of rotatable bonds is 4. The zero-order chi connectivity index (χ0) is 18.1. The number of ether oxygens (including phenoxy) is 1. The zero-order valence-electron chi connectivity index (χ0n) is 14.2. The minimum atomic E-state index is -1.07. The first-order valence-corrected chi connectivity index (χ1v) is 9.36. The molecule has 130 valence electrons. The monoisotopic (exact) mass is 363 g/mol. The molecule has 0 saturated heterocycles. The molecule has 0 fully saturated rings. The number of thioether (sulfide) groups is 1. The Morgan fingerprint density at radius 1 is 1.27 bits per heavy atom. The van der Waals surface area contributed by atoms with Crippen molar-refractivity contribution in [3.63, 3.8) is 0 Å². The first-order chi connectivity index (χ1) is 12.7. The fourth-order valence-corrected chi connectivity index (χ4v) is 4.35. The van der Waals surface area contributed by atoms with Crippen LogP contribution in [0.25, 0.3) is 16.9 Å². The fourth-order valence-electron chi connectivity index (χ4n) is 3.19. The summed E-state index contributed by atoms with van der Waals surface area (Å²) in [5, 5.41) is 24.6. The van der Waals surface area contributed by atoms with Crippen LogP contribution < -0.4 is 0 Å². The molecule has 0 unspecified atom stereocenters. The molecule has 5 nitrogen and oxygen atoms in total. The van der Waals surface area contributed by atoms with Crippen molar-refractivity contribution in [2.75, 3.05) is 6.61 Å². The molecule has 0 saturated carbocycles. The van der Waals surface area contributed by atoms with Gasteiger partial charge in [-0.1, -0.05) is 30.3 Å². The summed E-state index contributed by atoms with van der Waals surface area (Å²) in [5.41, 5.74) is 4.91. The van der Waals surface area contributed by atoms with Crippen LogP contribution in [0.5, 0.6) is 0 Å². The maximum atomic E-state index is 10.4. The van der Waals surface area contributed by atoms with E-state index in [9.17, 15) is 10.4 Å². The number of aliphatic hydroxyl groups excluding tert-OH is 1. The Balaban J connectivity index is 1.98. The molecule has 0 radical (unpaired) electrons. The molecule has 2 heterocycles. The van der Waals surface area contributed by atoms with Crippen LogP contribution in [-0.4, -0.2) is 21.5 Å². The molecule has 2 aromatic carbocycles. The van der Waals surface area contributed by atoms with E-state index in [-0.39, 0.29) is 0 Å². The summed E-state index contributed by atoms with van der Waals surface area (Å²) >= 11 is 1.60. The van der Waals surface area contributed by atoms with Crippen LogP contribution in [0.3, 0.4) is 0 Å². The number of aliphatic hydroxyl groups is 1. The maximum absolute atomic E-state index is 10.4. The van der Waals surface area contributed by atoms with E-state index in [1.165, 1.54) is 0 Å². The SMILES string of the molecule is CCO[C@@H](O)c1nn(-c2ccccc2)c2c1CSc1c(C#N)cccc1-2. The lowest BCUT2D eigenvalue weighted by atomic mass is 10.0. The third-order valence-corrected chi connectivity index (χ3v) is 5.49. The average Bonchev–Trinajstić information content (AvgIpc) is 3.08. The molecular formula is C20H17N3O2S. The van der Waals surface area contributed by atoms with Crippen molar-refractivity contribution in [2.45, 2.75) is 23.9 Å². The molecule has 3 aromatic rings. The van der Waals surface area contributed by atoms with Crippen molar-refractivity contribution in [2.24, 2.45) is 0 Å². The van der Waals surface area contributed by atoms with Crippen LogP contribution >= 0.6 is 11.8 Å². The van der Waals surface area contributed by atoms with Gasteiger partial charge in [0.2, 0.25) is 6.29 Å². The zero-order valence-corrected chi connectivity index (χ0v) is 15.0. The predicted molar refractivity (Wildman–Crippen MR) is 99.9 cm³/mol. The first-order valence-electron chi connectivity index (χ1n) is 8.37. The number of aromatic nitrogens is 2. The molecule has 0 aliphatic carbocycles. The molecule has 1 atom stereocenters. The number of fused-ring (bicyclic) bond motifs is 3. The van der Waals surface area contributed by atoms with Gasteiger partial charge in [0.05, 0.1) is 16.9 Å². The van der Waals surface area contributed by atoms with Gasteiger partial charge in [0, 0.05) is 28.4 Å². The van der Waals surface area contributed by atoms with Crippen LogP contribution in [0.1, 0.15) is 30.0 Å². The molecule has 0 spiro atoms. The molecular weight excluding hydrogens is 346 g/mol. The summed E-state index contributed by atoms with van der Waals surface area (Å²) in [6.45, 7) is 2.24. The number of hydrogen-bond acceptors (Lipinski definition) is 5. The van der Waals surface area contributed by atoms with Crippen molar-refractivity contribution in [3.8, 4) is 23.0 Å². The van der Waals surface area contributed by atoms with Crippen molar-refractivity contribution in [3.05, 3.63) is 65.4 Å². The molecule has 1 aliphatic rings. The van der Waals surface area contributed by atoms with E-state index in [4.69, 9.17) is 4.74 Å². The highest BCUT2D eigenvalue weighted by atomic mass is 32.2. The quantitative estimate of drug-likeness (QED) is 0.708. The normalized spacial score (nSPS) is 13.6. The lowest BCUT2D eigenvalue weighted by Crippen LogP contribution is -2.07. The molecule has 1 aliphatic heterocycles. The second-order valence-corrected chi connectivity index (χ2v) is 6.84. The molecule has 1 N–H and O–H groups in total. The Labute approximate surface area is 155 Å². The Morgan fingerprint density at radius 3 is 2.81 bits per heavy atom. The van der Waals surface area contributed by atoms with Crippen LogP contribution in [0.4, 0.5) is 0 Å². The molecule has 4 rings (SSSR count). The van der Waals surface area contributed by atoms with Crippen molar-refractivity contribution in [1.29, 1.82) is 5.26 Å². The number of nitrogens with zero attached hydrogens (tertiary/aromatic N) is 3. The smallest absolute Gasteiger partial charge is 0.200 e. The van der Waals surface area contributed by atoms with Gasteiger partial charge in [-0.2, -0.15) is 10.4 Å². The van der Waals surface area contributed by atoms with E-state index in [1.807, 2.05) is 60.1 Å². The van der Waals surface area contributed by atoms with E-state index < -0.39 is 6.29 Å². The van der Waals surface area contributed by atoms with Crippen LogP contribution in [0.2, 0.25) is 0 Å². The average molecular weight is 363 g/mol. The van der Waals surface area contributed by atoms with Crippen LogP contribution in [0.15, 0.2) is 53.4 Å². The van der Waals surface area contributed by atoms with E-state index in [1.54, 1.807) is 11.8 Å². The van der Waals surface area contributed by atoms with E-state index >= 15 is 0 Å². The Morgan fingerprint density at radius 2 is 2.08 bits per heavy atom. The van der Waals surface area contributed by atoms with Gasteiger partial charge in [0.25, 0.3) is 0 Å². The van der Waals surface area contributed by atoms with Gasteiger partial charge in [-0.15, -0.1) is 11.8 Å². The topological polar surface area (TPSA) is 71.1 Å². The third kappa shape index (κ3) is 2.71. The highest BCUT2D eigenvalue weighted by Gasteiger charge is 2.30. The summed E-state index contributed by atoms with van der Waals surface area (Å²) in [6.07, 6.45) is -1.07. The molecule has 26 heavy (non-hydrogen) atoms. The van der Waals surface area contributed by atoms with Gasteiger partial charge < -0.3 is 9.84 Å². The summed E-state index contributed by atoms with van der Waals surface area (Å²) in [4.78, 5) is 0.956. The number of hydrogen-bond donors (Lipinski definition) is 1.